The minimum absolute atomic E-state index is 0.174. The quantitative estimate of drug-likeness (QED) is 0.595. The molecule has 3 N–H and O–H groups in total. The highest BCUT2D eigenvalue weighted by Crippen LogP contribution is 2.39. The first kappa shape index (κ1) is 18.5. The van der Waals surface area contributed by atoms with E-state index in [2.05, 4.69) is 9.72 Å². The summed E-state index contributed by atoms with van der Waals surface area (Å²) in [5, 5.41) is 0.700. The van der Waals surface area contributed by atoms with Crippen LogP contribution in [0.5, 0.6) is 17.2 Å². The zero-order valence-electron chi connectivity index (χ0n) is 14.9. The van der Waals surface area contributed by atoms with E-state index in [9.17, 15) is 13.2 Å². The number of halogens is 3. The zero-order valence-corrected chi connectivity index (χ0v) is 14.9. The molecule has 0 fully saturated rings. The SMILES string of the molecule is NCCCCc1c(-c2ccc3c(c2)OCO3)[nH]c2ccc(OC(F)(F)F)cc12. The molecule has 3 aromatic rings. The second kappa shape index (κ2) is 7.27. The normalized spacial score (nSPS) is 13.3. The lowest BCUT2D eigenvalue weighted by molar-refractivity contribution is -0.274. The number of nitrogens with one attached hydrogen (secondary N) is 1. The van der Waals surface area contributed by atoms with Gasteiger partial charge in [0.2, 0.25) is 6.79 Å². The van der Waals surface area contributed by atoms with Crippen molar-refractivity contribution in [1.82, 2.24) is 4.98 Å². The van der Waals surface area contributed by atoms with Crippen LogP contribution in [0.15, 0.2) is 36.4 Å². The van der Waals surface area contributed by atoms with E-state index in [0.717, 1.165) is 35.2 Å². The van der Waals surface area contributed by atoms with E-state index >= 15 is 0 Å². The monoisotopic (exact) mass is 392 g/mol. The summed E-state index contributed by atoms with van der Waals surface area (Å²) in [7, 11) is 0. The Morgan fingerprint density at radius 2 is 1.86 bits per heavy atom. The molecule has 0 aliphatic carbocycles. The molecule has 0 saturated heterocycles. The molecule has 0 bridgehead atoms. The first-order valence-electron chi connectivity index (χ1n) is 8.95. The maximum absolute atomic E-state index is 12.6. The Hall–Kier alpha value is -2.87. The topological polar surface area (TPSA) is 69.5 Å². The van der Waals surface area contributed by atoms with Crippen LogP contribution < -0.4 is 19.9 Å². The first-order valence-corrected chi connectivity index (χ1v) is 8.95. The number of unbranched alkanes of at least 4 members (excludes halogenated alkanes) is 1. The third-order valence-electron chi connectivity index (χ3n) is 4.65. The van der Waals surface area contributed by atoms with Crippen LogP contribution in [0, 0.1) is 0 Å². The van der Waals surface area contributed by atoms with Crippen molar-refractivity contribution in [2.45, 2.75) is 25.6 Å². The Balaban J connectivity index is 1.79. The van der Waals surface area contributed by atoms with Crippen molar-refractivity contribution < 1.29 is 27.4 Å². The lowest BCUT2D eigenvalue weighted by Gasteiger charge is -2.09. The van der Waals surface area contributed by atoms with Crippen LogP contribution in [-0.2, 0) is 6.42 Å². The molecule has 0 unspecified atom stereocenters. The van der Waals surface area contributed by atoms with Gasteiger partial charge in [-0.1, -0.05) is 0 Å². The van der Waals surface area contributed by atoms with E-state index in [0.29, 0.717) is 29.9 Å². The van der Waals surface area contributed by atoms with E-state index in [1.807, 2.05) is 18.2 Å². The van der Waals surface area contributed by atoms with Gasteiger partial charge in [0.05, 0.1) is 0 Å². The summed E-state index contributed by atoms with van der Waals surface area (Å²) in [4.78, 5) is 3.32. The third-order valence-corrected chi connectivity index (χ3v) is 4.65. The summed E-state index contributed by atoms with van der Waals surface area (Å²) >= 11 is 0. The lowest BCUT2D eigenvalue weighted by atomic mass is 10.00. The molecular formula is C20H19F3N2O3. The van der Waals surface area contributed by atoms with Crippen LogP contribution in [0.1, 0.15) is 18.4 Å². The molecule has 0 spiro atoms. The first-order chi connectivity index (χ1) is 13.4. The molecule has 28 heavy (non-hydrogen) atoms. The van der Waals surface area contributed by atoms with Crippen LogP contribution in [-0.4, -0.2) is 24.7 Å². The molecular weight excluding hydrogens is 373 g/mol. The summed E-state index contributed by atoms with van der Waals surface area (Å²) in [6.45, 7) is 0.733. The number of aromatic amines is 1. The number of fused-ring (bicyclic) bond motifs is 2. The van der Waals surface area contributed by atoms with E-state index in [4.69, 9.17) is 15.2 Å². The zero-order chi connectivity index (χ0) is 19.7. The average molecular weight is 392 g/mol. The fourth-order valence-corrected chi connectivity index (χ4v) is 3.43. The van der Waals surface area contributed by atoms with Crippen LogP contribution in [0.4, 0.5) is 13.2 Å². The van der Waals surface area contributed by atoms with Gasteiger partial charge in [0.15, 0.2) is 11.5 Å². The van der Waals surface area contributed by atoms with Gasteiger partial charge in [-0.05, 0) is 67.8 Å². The fourth-order valence-electron chi connectivity index (χ4n) is 3.43. The largest absolute Gasteiger partial charge is 0.573 e. The molecule has 2 aromatic carbocycles. The van der Waals surface area contributed by atoms with Gasteiger partial charge in [0.1, 0.15) is 5.75 Å². The predicted molar refractivity (Wildman–Crippen MR) is 98.5 cm³/mol. The molecule has 1 aliphatic rings. The molecule has 148 valence electrons. The van der Waals surface area contributed by atoms with Crippen molar-refractivity contribution in [3.8, 4) is 28.5 Å². The van der Waals surface area contributed by atoms with Gasteiger partial charge in [0, 0.05) is 22.2 Å². The highest BCUT2D eigenvalue weighted by Gasteiger charge is 2.31. The predicted octanol–water partition coefficient (Wildman–Crippen LogP) is 4.74. The molecule has 0 amide bonds. The lowest BCUT2D eigenvalue weighted by Crippen LogP contribution is -2.16. The van der Waals surface area contributed by atoms with Gasteiger partial charge in [0.25, 0.3) is 0 Å². The van der Waals surface area contributed by atoms with Crippen LogP contribution in [0.25, 0.3) is 22.2 Å². The molecule has 1 aromatic heterocycles. The van der Waals surface area contributed by atoms with E-state index < -0.39 is 6.36 Å². The number of aryl methyl sites for hydroxylation is 1. The number of hydrogen-bond acceptors (Lipinski definition) is 4. The summed E-state index contributed by atoms with van der Waals surface area (Å²) in [6.07, 6.45) is -2.41. The minimum Gasteiger partial charge on any atom is -0.454 e. The van der Waals surface area contributed by atoms with Gasteiger partial charge in [-0.15, -0.1) is 13.2 Å². The third kappa shape index (κ3) is 3.73. The number of rotatable bonds is 6. The molecule has 0 saturated carbocycles. The second-order valence-electron chi connectivity index (χ2n) is 6.55. The van der Waals surface area contributed by atoms with E-state index in [1.54, 1.807) is 6.07 Å². The summed E-state index contributed by atoms with van der Waals surface area (Å²) in [6, 6.07) is 9.92. The standard InChI is InChI=1S/C20H19F3N2O3/c21-20(22,23)28-13-5-6-16-15(10-13)14(3-1-2-8-24)19(25-16)12-4-7-17-18(9-12)27-11-26-17/h4-7,9-10,25H,1-3,8,11,24H2. The van der Waals surface area contributed by atoms with Crippen molar-refractivity contribution in [2.24, 2.45) is 5.73 Å². The highest BCUT2D eigenvalue weighted by molar-refractivity contribution is 5.92. The van der Waals surface area contributed by atoms with Crippen molar-refractivity contribution in [1.29, 1.82) is 0 Å². The minimum atomic E-state index is -4.73. The Morgan fingerprint density at radius 1 is 1.04 bits per heavy atom. The second-order valence-corrected chi connectivity index (χ2v) is 6.55. The Labute approximate surface area is 159 Å². The smallest absolute Gasteiger partial charge is 0.454 e. The summed E-state index contributed by atoms with van der Waals surface area (Å²) < 4.78 is 52.7. The molecule has 0 atom stereocenters. The van der Waals surface area contributed by atoms with Crippen molar-refractivity contribution in [3.63, 3.8) is 0 Å². The maximum atomic E-state index is 12.6. The number of H-pyrrole nitrogens is 1. The van der Waals surface area contributed by atoms with Crippen molar-refractivity contribution >= 4 is 10.9 Å². The van der Waals surface area contributed by atoms with Crippen LogP contribution in [0.2, 0.25) is 0 Å². The average Bonchev–Trinajstić information content (AvgIpc) is 3.24. The molecule has 0 radical (unpaired) electrons. The van der Waals surface area contributed by atoms with E-state index in [1.165, 1.54) is 12.1 Å². The number of benzene rings is 2. The van der Waals surface area contributed by atoms with Crippen molar-refractivity contribution in [2.75, 3.05) is 13.3 Å². The number of ether oxygens (including phenoxy) is 3. The molecule has 2 heterocycles. The Morgan fingerprint density at radius 3 is 2.64 bits per heavy atom. The fraction of sp³-hybridized carbons (Fsp3) is 0.300. The Kier molecular flexibility index (Phi) is 4.80. The van der Waals surface area contributed by atoms with Gasteiger partial charge >= 0.3 is 6.36 Å². The van der Waals surface area contributed by atoms with Gasteiger partial charge in [-0.25, -0.2) is 0 Å². The molecule has 1 aliphatic heterocycles. The number of aromatic nitrogens is 1. The Bertz CT molecular complexity index is 998. The summed E-state index contributed by atoms with van der Waals surface area (Å²) in [5.74, 6) is 1.08. The number of alkyl halides is 3. The van der Waals surface area contributed by atoms with Crippen LogP contribution >= 0.6 is 0 Å². The number of hydrogen-bond donors (Lipinski definition) is 2. The molecule has 4 rings (SSSR count). The maximum Gasteiger partial charge on any atom is 0.573 e. The van der Waals surface area contributed by atoms with E-state index in [-0.39, 0.29) is 12.5 Å². The highest BCUT2D eigenvalue weighted by atomic mass is 19.4. The van der Waals surface area contributed by atoms with Gasteiger partial charge < -0.3 is 24.9 Å². The van der Waals surface area contributed by atoms with Gasteiger partial charge in [-0.3, -0.25) is 0 Å². The number of nitrogens with two attached hydrogens (primary N) is 1. The molecule has 5 nitrogen and oxygen atoms in total. The molecule has 8 heteroatoms. The van der Waals surface area contributed by atoms with Crippen molar-refractivity contribution in [3.05, 3.63) is 42.0 Å². The van der Waals surface area contributed by atoms with Gasteiger partial charge in [-0.2, -0.15) is 0 Å². The van der Waals surface area contributed by atoms with Crippen LogP contribution in [0.3, 0.4) is 0 Å². The summed E-state index contributed by atoms with van der Waals surface area (Å²) in [5.41, 5.74) is 8.99.